The molecule has 0 aliphatic rings. The van der Waals surface area contributed by atoms with Crippen LogP contribution in [0, 0.1) is 0 Å². The van der Waals surface area contributed by atoms with E-state index in [4.69, 9.17) is 17.3 Å². The first kappa shape index (κ1) is 13.1. The summed E-state index contributed by atoms with van der Waals surface area (Å²) in [5.41, 5.74) is 10.00. The Morgan fingerprint density at radius 2 is 1.89 bits per heavy atom. The van der Waals surface area contributed by atoms with Crippen molar-refractivity contribution in [2.45, 2.75) is 0 Å². The normalized spacial score (nSPS) is 10.6. The molecule has 2 aromatic rings. The summed E-state index contributed by atoms with van der Waals surface area (Å²) in [6.07, 6.45) is 1.52. The number of hydrogen-bond acceptors (Lipinski definition) is 2. The molecule has 0 aliphatic heterocycles. The van der Waals surface area contributed by atoms with Crippen LogP contribution in [0.4, 0.5) is 4.79 Å². The minimum atomic E-state index is -0.688. The van der Waals surface area contributed by atoms with Crippen molar-refractivity contribution in [3.63, 3.8) is 0 Å². The average Bonchev–Trinajstić information content (AvgIpc) is 2.39. The molecular formula is C14H12ClN3O. The molecule has 96 valence electrons. The zero-order valence-corrected chi connectivity index (χ0v) is 10.8. The molecule has 0 saturated heterocycles. The third-order valence-corrected chi connectivity index (χ3v) is 2.69. The number of benzene rings is 2. The van der Waals surface area contributed by atoms with Crippen molar-refractivity contribution < 1.29 is 4.79 Å². The van der Waals surface area contributed by atoms with E-state index < -0.39 is 6.03 Å². The zero-order chi connectivity index (χ0) is 13.7. The molecule has 0 fully saturated rings. The van der Waals surface area contributed by atoms with Crippen molar-refractivity contribution in [3.05, 3.63) is 59.1 Å². The van der Waals surface area contributed by atoms with Gasteiger partial charge in [-0.15, -0.1) is 0 Å². The topological polar surface area (TPSA) is 67.5 Å². The highest BCUT2D eigenvalue weighted by Crippen LogP contribution is 2.22. The predicted molar refractivity (Wildman–Crippen MR) is 77.2 cm³/mol. The summed E-state index contributed by atoms with van der Waals surface area (Å²) in [6, 6.07) is 14.6. The monoisotopic (exact) mass is 273 g/mol. The average molecular weight is 274 g/mol. The van der Waals surface area contributed by atoms with Gasteiger partial charge < -0.3 is 5.73 Å². The van der Waals surface area contributed by atoms with E-state index in [9.17, 15) is 4.79 Å². The van der Waals surface area contributed by atoms with Crippen LogP contribution in [-0.2, 0) is 0 Å². The molecule has 0 saturated carbocycles. The van der Waals surface area contributed by atoms with Crippen LogP contribution in [0.3, 0.4) is 0 Å². The van der Waals surface area contributed by atoms with Crippen LogP contribution in [0.25, 0.3) is 11.1 Å². The zero-order valence-electron chi connectivity index (χ0n) is 10.0. The fourth-order valence-electron chi connectivity index (χ4n) is 1.60. The Balaban J connectivity index is 2.14. The third-order valence-electron chi connectivity index (χ3n) is 2.46. The van der Waals surface area contributed by atoms with E-state index in [0.717, 1.165) is 16.7 Å². The van der Waals surface area contributed by atoms with Crippen molar-refractivity contribution >= 4 is 23.8 Å². The lowest BCUT2D eigenvalue weighted by molar-refractivity contribution is 0.249. The molecule has 0 aliphatic carbocycles. The number of carbonyl (C=O) groups is 1. The van der Waals surface area contributed by atoms with E-state index in [1.54, 1.807) is 0 Å². The van der Waals surface area contributed by atoms with Gasteiger partial charge in [0.15, 0.2) is 0 Å². The number of hydrazone groups is 1. The van der Waals surface area contributed by atoms with Gasteiger partial charge in [-0.25, -0.2) is 10.2 Å². The molecule has 0 spiro atoms. The van der Waals surface area contributed by atoms with E-state index in [-0.39, 0.29) is 0 Å². The minimum Gasteiger partial charge on any atom is -0.350 e. The quantitative estimate of drug-likeness (QED) is 0.655. The maximum Gasteiger partial charge on any atom is 0.332 e. The van der Waals surface area contributed by atoms with Gasteiger partial charge in [0, 0.05) is 5.02 Å². The number of rotatable bonds is 3. The number of primary amides is 1. The van der Waals surface area contributed by atoms with E-state index in [1.807, 2.05) is 48.5 Å². The van der Waals surface area contributed by atoms with Crippen molar-refractivity contribution in [3.8, 4) is 11.1 Å². The van der Waals surface area contributed by atoms with Crippen molar-refractivity contribution in [2.75, 3.05) is 0 Å². The predicted octanol–water partition coefficient (Wildman–Crippen LogP) is 3.01. The maximum absolute atomic E-state index is 10.4. The van der Waals surface area contributed by atoms with Gasteiger partial charge in [0.2, 0.25) is 0 Å². The summed E-state index contributed by atoms with van der Waals surface area (Å²) in [5.74, 6) is 0. The summed E-state index contributed by atoms with van der Waals surface area (Å²) in [6.45, 7) is 0. The van der Waals surface area contributed by atoms with E-state index in [2.05, 4.69) is 10.5 Å². The second-order valence-electron chi connectivity index (χ2n) is 3.87. The lowest BCUT2D eigenvalue weighted by Gasteiger charge is -2.02. The minimum absolute atomic E-state index is 0.688. The van der Waals surface area contributed by atoms with Crippen LogP contribution >= 0.6 is 11.6 Å². The molecule has 4 nitrogen and oxygen atoms in total. The van der Waals surface area contributed by atoms with Crippen molar-refractivity contribution in [1.82, 2.24) is 5.43 Å². The van der Waals surface area contributed by atoms with Crippen LogP contribution in [0.1, 0.15) is 5.56 Å². The highest BCUT2D eigenvalue weighted by atomic mass is 35.5. The molecule has 5 heteroatoms. The van der Waals surface area contributed by atoms with Crippen LogP contribution in [-0.4, -0.2) is 12.2 Å². The number of nitrogens with two attached hydrogens (primary N) is 1. The standard InChI is InChI=1S/C14H12ClN3O/c15-13-3-1-2-12(8-13)11-6-4-10(5-7-11)9-17-18-14(16)19/h1-9H,(H3,16,18,19). The molecule has 0 bridgehead atoms. The summed E-state index contributed by atoms with van der Waals surface area (Å²) in [7, 11) is 0. The molecule has 0 heterocycles. The molecule has 0 aromatic heterocycles. The number of halogens is 1. The Kier molecular flexibility index (Phi) is 4.15. The number of amides is 2. The molecule has 2 amide bonds. The Morgan fingerprint density at radius 3 is 2.53 bits per heavy atom. The second kappa shape index (κ2) is 6.02. The first-order valence-corrected chi connectivity index (χ1v) is 5.97. The van der Waals surface area contributed by atoms with Gasteiger partial charge in [-0.05, 0) is 28.8 Å². The van der Waals surface area contributed by atoms with Crippen molar-refractivity contribution in [1.29, 1.82) is 0 Å². The summed E-state index contributed by atoms with van der Waals surface area (Å²) in [5, 5.41) is 4.39. The van der Waals surface area contributed by atoms with Gasteiger partial charge in [0.25, 0.3) is 0 Å². The second-order valence-corrected chi connectivity index (χ2v) is 4.30. The smallest absolute Gasteiger partial charge is 0.332 e. The van der Waals surface area contributed by atoms with Gasteiger partial charge in [0.05, 0.1) is 6.21 Å². The Hall–Kier alpha value is -2.33. The number of nitrogens with one attached hydrogen (secondary N) is 1. The van der Waals surface area contributed by atoms with E-state index in [0.29, 0.717) is 5.02 Å². The maximum atomic E-state index is 10.4. The fraction of sp³-hybridized carbons (Fsp3) is 0. The molecule has 2 aromatic carbocycles. The molecule has 19 heavy (non-hydrogen) atoms. The molecule has 0 atom stereocenters. The number of urea groups is 1. The number of carbonyl (C=O) groups excluding carboxylic acids is 1. The highest BCUT2D eigenvalue weighted by molar-refractivity contribution is 6.30. The summed E-state index contributed by atoms with van der Waals surface area (Å²) < 4.78 is 0. The van der Waals surface area contributed by atoms with E-state index >= 15 is 0 Å². The first-order chi connectivity index (χ1) is 9.15. The van der Waals surface area contributed by atoms with Gasteiger partial charge >= 0.3 is 6.03 Å². The van der Waals surface area contributed by atoms with Gasteiger partial charge in [-0.3, -0.25) is 0 Å². The molecule has 0 radical (unpaired) electrons. The van der Waals surface area contributed by atoms with Crippen molar-refractivity contribution in [2.24, 2.45) is 10.8 Å². The lowest BCUT2D eigenvalue weighted by atomic mass is 10.0. The Bertz CT molecular complexity index is 608. The highest BCUT2D eigenvalue weighted by Gasteiger charge is 1.98. The van der Waals surface area contributed by atoms with E-state index in [1.165, 1.54) is 6.21 Å². The van der Waals surface area contributed by atoms with Gasteiger partial charge in [0.1, 0.15) is 0 Å². The summed E-state index contributed by atoms with van der Waals surface area (Å²) >= 11 is 5.95. The fourth-order valence-corrected chi connectivity index (χ4v) is 1.79. The molecule has 3 N–H and O–H groups in total. The number of nitrogens with zero attached hydrogens (tertiary/aromatic N) is 1. The van der Waals surface area contributed by atoms with Crippen LogP contribution in [0.2, 0.25) is 5.02 Å². The first-order valence-electron chi connectivity index (χ1n) is 5.59. The Morgan fingerprint density at radius 1 is 1.16 bits per heavy atom. The third kappa shape index (κ3) is 3.82. The van der Waals surface area contributed by atoms with Crippen LogP contribution < -0.4 is 11.2 Å². The number of hydrogen-bond donors (Lipinski definition) is 2. The van der Waals surface area contributed by atoms with Crippen LogP contribution in [0.5, 0.6) is 0 Å². The SMILES string of the molecule is NC(=O)NN=Cc1ccc(-c2cccc(Cl)c2)cc1. The molecule has 2 rings (SSSR count). The largest absolute Gasteiger partial charge is 0.350 e. The van der Waals surface area contributed by atoms with Crippen LogP contribution in [0.15, 0.2) is 53.6 Å². The molecule has 0 unspecified atom stereocenters. The Labute approximate surface area is 115 Å². The molecular weight excluding hydrogens is 262 g/mol. The van der Waals surface area contributed by atoms with Gasteiger partial charge in [-0.2, -0.15) is 5.10 Å². The van der Waals surface area contributed by atoms with Gasteiger partial charge in [-0.1, -0.05) is 48.0 Å². The lowest BCUT2D eigenvalue weighted by Crippen LogP contribution is -2.24. The summed E-state index contributed by atoms with van der Waals surface area (Å²) in [4.78, 5) is 10.4.